The molecule has 16 heavy (non-hydrogen) atoms. The van der Waals surface area contributed by atoms with Crippen LogP contribution in [0.15, 0.2) is 23.1 Å². The van der Waals surface area contributed by atoms with Gasteiger partial charge in [0.1, 0.15) is 0 Å². The second-order valence-electron chi connectivity index (χ2n) is 5.07. The Morgan fingerprint density at radius 1 is 1.56 bits per heavy atom. The van der Waals surface area contributed by atoms with Crippen molar-refractivity contribution in [3.63, 3.8) is 0 Å². The van der Waals surface area contributed by atoms with Gasteiger partial charge in [0.2, 0.25) is 0 Å². The molecule has 0 spiro atoms. The zero-order valence-corrected chi connectivity index (χ0v) is 11.5. The van der Waals surface area contributed by atoms with E-state index in [1.807, 2.05) is 0 Å². The van der Waals surface area contributed by atoms with E-state index >= 15 is 0 Å². The molecular weight excluding hydrogens is 214 g/mol. The molecule has 1 rings (SSSR count). The molecule has 0 aromatic rings. The lowest BCUT2D eigenvalue weighted by Gasteiger charge is -2.37. The molecule has 1 nitrogen and oxygen atoms in total. The predicted molar refractivity (Wildman–Crippen MR) is 72.0 cm³/mol. The van der Waals surface area contributed by atoms with Crippen LogP contribution in [0.4, 0.5) is 0 Å². The van der Waals surface area contributed by atoms with E-state index in [0.717, 1.165) is 6.42 Å². The minimum Gasteiger partial charge on any atom is -0.198 e. The predicted octanol–water partition coefficient (Wildman–Crippen LogP) is 4.39. The average molecular weight is 235 g/mol. The first kappa shape index (κ1) is 13.4. The molecule has 1 aliphatic rings. The number of rotatable bonds is 4. The van der Waals surface area contributed by atoms with Gasteiger partial charge in [0.05, 0.1) is 6.07 Å². The van der Waals surface area contributed by atoms with Crippen LogP contribution in [0, 0.1) is 28.6 Å². The van der Waals surface area contributed by atoms with Crippen LogP contribution in [-0.4, -0.2) is 6.26 Å². The van der Waals surface area contributed by atoms with Gasteiger partial charge in [-0.1, -0.05) is 39.0 Å². The van der Waals surface area contributed by atoms with E-state index in [9.17, 15) is 0 Å². The third-order valence-electron chi connectivity index (χ3n) is 3.57. The van der Waals surface area contributed by atoms with Crippen LogP contribution in [0.5, 0.6) is 0 Å². The summed E-state index contributed by atoms with van der Waals surface area (Å²) in [5.41, 5.74) is 0.156. The number of nitrogens with zero attached hydrogens (tertiary/aromatic N) is 1. The third-order valence-corrected chi connectivity index (χ3v) is 4.34. The summed E-state index contributed by atoms with van der Waals surface area (Å²) >= 11 is 1.79. The molecule has 0 heterocycles. The lowest BCUT2D eigenvalue weighted by molar-refractivity contribution is 0.194. The summed E-state index contributed by atoms with van der Waals surface area (Å²) in [5.74, 6) is 1.01. The standard InChI is InChI=1S/C14H21NS/c1-11(2)13(7-10-15)14(3)8-5-12(16-4)6-9-14/h5-6,8,11,13H,7,9H2,1-4H3. The Balaban J connectivity index is 2.83. The maximum Gasteiger partial charge on any atom is 0.0625 e. The van der Waals surface area contributed by atoms with Crippen molar-refractivity contribution >= 4 is 11.8 Å². The molecular formula is C14H21NS. The van der Waals surface area contributed by atoms with Gasteiger partial charge in [-0.2, -0.15) is 5.26 Å². The monoisotopic (exact) mass is 235 g/mol. The van der Waals surface area contributed by atoms with Crippen molar-refractivity contribution in [1.29, 1.82) is 5.26 Å². The van der Waals surface area contributed by atoms with Crippen LogP contribution in [0.3, 0.4) is 0 Å². The first-order valence-electron chi connectivity index (χ1n) is 5.84. The molecule has 0 saturated heterocycles. The van der Waals surface area contributed by atoms with Gasteiger partial charge in [-0.3, -0.25) is 0 Å². The minimum absolute atomic E-state index is 0.156. The minimum atomic E-state index is 0.156. The fourth-order valence-corrected chi connectivity index (χ4v) is 2.94. The lowest BCUT2D eigenvalue weighted by Crippen LogP contribution is -2.30. The molecule has 88 valence electrons. The molecule has 0 bridgehead atoms. The molecule has 0 aliphatic heterocycles. The van der Waals surface area contributed by atoms with E-state index in [0.29, 0.717) is 18.3 Å². The number of allylic oxidation sites excluding steroid dienone is 3. The Labute approximate surface area is 104 Å². The van der Waals surface area contributed by atoms with Gasteiger partial charge in [0.25, 0.3) is 0 Å². The van der Waals surface area contributed by atoms with Crippen LogP contribution in [0.1, 0.15) is 33.6 Å². The Hall–Kier alpha value is -0.680. The van der Waals surface area contributed by atoms with Gasteiger partial charge in [0, 0.05) is 11.3 Å². The quantitative estimate of drug-likeness (QED) is 0.721. The van der Waals surface area contributed by atoms with E-state index in [1.165, 1.54) is 4.91 Å². The molecule has 2 atom stereocenters. The number of nitriles is 1. The number of hydrogen-bond donors (Lipinski definition) is 0. The van der Waals surface area contributed by atoms with E-state index < -0.39 is 0 Å². The maximum atomic E-state index is 8.94. The van der Waals surface area contributed by atoms with Crippen LogP contribution < -0.4 is 0 Å². The highest BCUT2D eigenvalue weighted by Crippen LogP contribution is 2.43. The zero-order valence-electron chi connectivity index (χ0n) is 10.7. The fourth-order valence-electron chi connectivity index (χ4n) is 2.48. The van der Waals surface area contributed by atoms with Gasteiger partial charge in [-0.05, 0) is 29.9 Å². The Morgan fingerprint density at radius 2 is 2.25 bits per heavy atom. The van der Waals surface area contributed by atoms with E-state index in [1.54, 1.807) is 11.8 Å². The smallest absolute Gasteiger partial charge is 0.0625 e. The van der Waals surface area contributed by atoms with Crippen molar-refractivity contribution in [2.45, 2.75) is 33.6 Å². The van der Waals surface area contributed by atoms with Gasteiger partial charge < -0.3 is 0 Å². The highest BCUT2D eigenvalue weighted by Gasteiger charge is 2.34. The van der Waals surface area contributed by atoms with Crippen molar-refractivity contribution in [1.82, 2.24) is 0 Å². The van der Waals surface area contributed by atoms with Gasteiger partial charge in [-0.15, -0.1) is 11.8 Å². The van der Waals surface area contributed by atoms with Gasteiger partial charge in [-0.25, -0.2) is 0 Å². The molecule has 1 aliphatic carbocycles. The summed E-state index contributed by atoms with van der Waals surface area (Å²) in [6.45, 7) is 6.71. The normalized spacial score (nSPS) is 26.4. The summed E-state index contributed by atoms with van der Waals surface area (Å²) in [4.78, 5) is 1.34. The van der Waals surface area contributed by atoms with Crippen LogP contribution in [0.25, 0.3) is 0 Å². The van der Waals surface area contributed by atoms with Crippen molar-refractivity contribution < 1.29 is 0 Å². The summed E-state index contributed by atoms with van der Waals surface area (Å²) in [6, 6.07) is 2.34. The molecule has 0 aromatic carbocycles. The van der Waals surface area contributed by atoms with Crippen molar-refractivity contribution in [2.24, 2.45) is 17.3 Å². The van der Waals surface area contributed by atoms with Crippen molar-refractivity contribution in [3.8, 4) is 6.07 Å². The van der Waals surface area contributed by atoms with E-state index in [2.05, 4.69) is 51.3 Å². The van der Waals surface area contributed by atoms with E-state index in [4.69, 9.17) is 5.26 Å². The first-order valence-corrected chi connectivity index (χ1v) is 7.06. The Bertz CT molecular complexity index is 335. The molecule has 0 aromatic heterocycles. The third kappa shape index (κ3) is 2.92. The van der Waals surface area contributed by atoms with Crippen LogP contribution in [-0.2, 0) is 0 Å². The van der Waals surface area contributed by atoms with Crippen LogP contribution >= 0.6 is 11.8 Å². The Kier molecular flexibility index (Phi) is 4.68. The van der Waals surface area contributed by atoms with Crippen molar-refractivity contribution in [3.05, 3.63) is 23.1 Å². The largest absolute Gasteiger partial charge is 0.198 e. The number of hydrogen-bond acceptors (Lipinski definition) is 2. The summed E-state index contributed by atoms with van der Waals surface area (Å²) in [7, 11) is 0. The maximum absolute atomic E-state index is 8.94. The number of thioether (sulfide) groups is 1. The summed E-state index contributed by atoms with van der Waals surface area (Å²) < 4.78 is 0. The first-order chi connectivity index (χ1) is 7.53. The SMILES string of the molecule is CSC1=CCC(C)(C(CC#N)C(C)C)C=C1. The van der Waals surface area contributed by atoms with Gasteiger partial charge >= 0.3 is 0 Å². The van der Waals surface area contributed by atoms with Gasteiger partial charge in [0.15, 0.2) is 0 Å². The molecule has 0 radical (unpaired) electrons. The molecule has 0 N–H and O–H groups in total. The highest BCUT2D eigenvalue weighted by atomic mass is 32.2. The molecule has 2 unspecified atom stereocenters. The second kappa shape index (κ2) is 5.59. The fraction of sp³-hybridized carbons (Fsp3) is 0.643. The average Bonchev–Trinajstić information content (AvgIpc) is 2.26. The topological polar surface area (TPSA) is 23.8 Å². The molecule has 2 heteroatoms. The Morgan fingerprint density at radius 3 is 2.62 bits per heavy atom. The molecule has 0 amide bonds. The second-order valence-corrected chi connectivity index (χ2v) is 5.95. The summed E-state index contributed by atoms with van der Waals surface area (Å²) in [5, 5.41) is 8.94. The summed E-state index contributed by atoms with van der Waals surface area (Å²) in [6.07, 6.45) is 10.6. The lowest BCUT2D eigenvalue weighted by atomic mass is 9.67. The zero-order chi connectivity index (χ0) is 12.2. The van der Waals surface area contributed by atoms with Crippen LogP contribution in [0.2, 0.25) is 0 Å². The molecule has 0 fully saturated rings. The van der Waals surface area contributed by atoms with Crippen molar-refractivity contribution in [2.75, 3.05) is 6.26 Å². The highest BCUT2D eigenvalue weighted by molar-refractivity contribution is 8.02. The molecule has 0 saturated carbocycles. The van der Waals surface area contributed by atoms with E-state index in [-0.39, 0.29) is 5.41 Å².